The second-order valence-electron chi connectivity index (χ2n) is 3.83. The van der Waals surface area contributed by atoms with Gasteiger partial charge in [0.25, 0.3) is 0 Å². The standard InChI is InChI=1S/C12H20O3/c1-14-12(13)9-5-3-2-4-7-11-8-6-10-15-11/h6,8,11H,2-5,7,9-10H2,1H3. The second kappa shape index (κ2) is 7.46. The zero-order valence-corrected chi connectivity index (χ0v) is 9.41. The number of ether oxygens (including phenoxy) is 2. The molecule has 0 spiro atoms. The maximum absolute atomic E-state index is 10.8. The lowest BCUT2D eigenvalue weighted by Crippen LogP contribution is -2.04. The molecular formula is C12H20O3. The van der Waals surface area contributed by atoms with Crippen LogP contribution in [0.3, 0.4) is 0 Å². The summed E-state index contributed by atoms with van der Waals surface area (Å²) in [7, 11) is 1.44. The molecule has 0 saturated heterocycles. The van der Waals surface area contributed by atoms with E-state index >= 15 is 0 Å². The molecule has 0 bridgehead atoms. The highest BCUT2D eigenvalue weighted by Crippen LogP contribution is 2.13. The van der Waals surface area contributed by atoms with Gasteiger partial charge in [0.2, 0.25) is 0 Å². The summed E-state index contributed by atoms with van der Waals surface area (Å²) < 4.78 is 10.00. The van der Waals surface area contributed by atoms with Gasteiger partial charge in [0.1, 0.15) is 0 Å². The topological polar surface area (TPSA) is 35.5 Å². The van der Waals surface area contributed by atoms with Crippen molar-refractivity contribution in [3.8, 4) is 0 Å². The van der Waals surface area contributed by atoms with E-state index in [1.165, 1.54) is 20.0 Å². The van der Waals surface area contributed by atoms with Crippen molar-refractivity contribution >= 4 is 5.97 Å². The number of carbonyl (C=O) groups excluding carboxylic acids is 1. The number of unbranched alkanes of at least 4 members (excludes halogenated alkanes) is 3. The van der Waals surface area contributed by atoms with Gasteiger partial charge in [-0.05, 0) is 12.8 Å². The average Bonchev–Trinajstić information content (AvgIpc) is 2.75. The van der Waals surface area contributed by atoms with Crippen LogP contribution in [-0.4, -0.2) is 25.8 Å². The molecule has 1 rings (SSSR count). The van der Waals surface area contributed by atoms with Gasteiger partial charge in [0.15, 0.2) is 0 Å². The SMILES string of the molecule is COC(=O)CCCCCCC1C=CCO1. The van der Waals surface area contributed by atoms with Gasteiger partial charge in [-0.1, -0.05) is 31.4 Å². The summed E-state index contributed by atoms with van der Waals surface area (Å²) in [6.07, 6.45) is 10.6. The highest BCUT2D eigenvalue weighted by Gasteiger charge is 2.08. The second-order valence-corrected chi connectivity index (χ2v) is 3.83. The fraction of sp³-hybridized carbons (Fsp3) is 0.750. The molecule has 0 aromatic carbocycles. The molecule has 86 valence electrons. The molecule has 3 nitrogen and oxygen atoms in total. The minimum Gasteiger partial charge on any atom is -0.469 e. The van der Waals surface area contributed by atoms with Crippen molar-refractivity contribution in [1.82, 2.24) is 0 Å². The number of carbonyl (C=O) groups is 1. The third kappa shape index (κ3) is 5.57. The molecule has 0 aliphatic carbocycles. The highest BCUT2D eigenvalue weighted by molar-refractivity contribution is 5.68. The molecule has 1 aliphatic heterocycles. The summed E-state index contributed by atoms with van der Waals surface area (Å²) in [4.78, 5) is 10.8. The first kappa shape index (κ1) is 12.2. The van der Waals surface area contributed by atoms with E-state index in [9.17, 15) is 4.79 Å². The number of esters is 1. The number of rotatable bonds is 7. The van der Waals surface area contributed by atoms with Crippen LogP contribution in [0.1, 0.15) is 38.5 Å². The Bertz CT molecular complexity index is 211. The molecule has 0 saturated carbocycles. The lowest BCUT2D eigenvalue weighted by atomic mass is 10.1. The van der Waals surface area contributed by atoms with Crippen LogP contribution in [-0.2, 0) is 14.3 Å². The molecule has 0 fully saturated rings. The number of methoxy groups -OCH3 is 1. The molecule has 1 unspecified atom stereocenters. The van der Waals surface area contributed by atoms with Gasteiger partial charge in [-0.2, -0.15) is 0 Å². The van der Waals surface area contributed by atoms with Gasteiger partial charge in [-0.3, -0.25) is 4.79 Å². The summed E-state index contributed by atoms with van der Waals surface area (Å²) in [6, 6.07) is 0. The minimum absolute atomic E-state index is 0.0999. The summed E-state index contributed by atoms with van der Waals surface area (Å²) in [6.45, 7) is 0.771. The van der Waals surface area contributed by atoms with Crippen LogP contribution in [0.5, 0.6) is 0 Å². The third-order valence-corrected chi connectivity index (χ3v) is 2.60. The van der Waals surface area contributed by atoms with Crippen molar-refractivity contribution in [2.75, 3.05) is 13.7 Å². The predicted octanol–water partition coefficient (Wildman–Crippen LogP) is 2.46. The smallest absolute Gasteiger partial charge is 0.305 e. The Hall–Kier alpha value is -0.830. The monoisotopic (exact) mass is 212 g/mol. The van der Waals surface area contributed by atoms with Crippen LogP contribution < -0.4 is 0 Å². The summed E-state index contributed by atoms with van der Waals surface area (Å²) in [5.41, 5.74) is 0. The van der Waals surface area contributed by atoms with E-state index in [2.05, 4.69) is 16.9 Å². The van der Waals surface area contributed by atoms with Crippen LogP contribution in [0.4, 0.5) is 0 Å². The van der Waals surface area contributed by atoms with Gasteiger partial charge in [-0.15, -0.1) is 0 Å². The largest absolute Gasteiger partial charge is 0.469 e. The van der Waals surface area contributed by atoms with Gasteiger partial charge in [0, 0.05) is 6.42 Å². The molecule has 0 aromatic heterocycles. The van der Waals surface area contributed by atoms with Crippen LogP contribution in [0, 0.1) is 0 Å². The average molecular weight is 212 g/mol. The number of hydrogen-bond donors (Lipinski definition) is 0. The molecule has 1 atom stereocenters. The van der Waals surface area contributed by atoms with Crippen LogP contribution in [0.2, 0.25) is 0 Å². The number of hydrogen-bond acceptors (Lipinski definition) is 3. The lowest BCUT2D eigenvalue weighted by Gasteiger charge is -2.07. The molecule has 1 aliphatic rings. The molecule has 15 heavy (non-hydrogen) atoms. The predicted molar refractivity (Wildman–Crippen MR) is 58.6 cm³/mol. The van der Waals surface area contributed by atoms with Gasteiger partial charge in [-0.25, -0.2) is 0 Å². The quantitative estimate of drug-likeness (QED) is 0.369. The van der Waals surface area contributed by atoms with E-state index in [1.807, 2.05) is 0 Å². The molecule has 0 aromatic rings. The lowest BCUT2D eigenvalue weighted by molar-refractivity contribution is -0.140. The Balaban J connectivity index is 1.84. The molecule has 0 amide bonds. The Labute approximate surface area is 91.4 Å². The van der Waals surface area contributed by atoms with E-state index in [4.69, 9.17) is 4.74 Å². The van der Waals surface area contributed by atoms with E-state index in [0.717, 1.165) is 25.9 Å². The Kier molecular flexibility index (Phi) is 6.09. The Morgan fingerprint density at radius 3 is 2.87 bits per heavy atom. The van der Waals surface area contributed by atoms with Gasteiger partial charge < -0.3 is 9.47 Å². The van der Waals surface area contributed by atoms with E-state index in [0.29, 0.717) is 12.5 Å². The van der Waals surface area contributed by atoms with Crippen molar-refractivity contribution < 1.29 is 14.3 Å². The van der Waals surface area contributed by atoms with Crippen LogP contribution in [0.25, 0.3) is 0 Å². The van der Waals surface area contributed by atoms with Crippen molar-refractivity contribution in [2.45, 2.75) is 44.6 Å². The fourth-order valence-electron chi connectivity index (χ4n) is 1.69. The van der Waals surface area contributed by atoms with Gasteiger partial charge >= 0.3 is 5.97 Å². The van der Waals surface area contributed by atoms with Crippen LogP contribution >= 0.6 is 0 Å². The fourth-order valence-corrected chi connectivity index (χ4v) is 1.69. The summed E-state index contributed by atoms with van der Waals surface area (Å²) >= 11 is 0. The minimum atomic E-state index is -0.0999. The maximum atomic E-state index is 10.8. The first-order valence-electron chi connectivity index (χ1n) is 5.68. The van der Waals surface area contributed by atoms with Gasteiger partial charge in [0.05, 0.1) is 19.8 Å². The zero-order valence-electron chi connectivity index (χ0n) is 9.41. The van der Waals surface area contributed by atoms with Crippen molar-refractivity contribution in [3.63, 3.8) is 0 Å². The summed E-state index contributed by atoms with van der Waals surface area (Å²) in [5.74, 6) is -0.0999. The molecular weight excluding hydrogens is 192 g/mol. The third-order valence-electron chi connectivity index (χ3n) is 2.60. The van der Waals surface area contributed by atoms with Crippen LogP contribution in [0.15, 0.2) is 12.2 Å². The Morgan fingerprint density at radius 1 is 1.40 bits per heavy atom. The van der Waals surface area contributed by atoms with E-state index in [-0.39, 0.29) is 5.97 Å². The van der Waals surface area contributed by atoms with Crippen molar-refractivity contribution in [2.24, 2.45) is 0 Å². The zero-order chi connectivity index (χ0) is 10.9. The molecule has 0 N–H and O–H groups in total. The van der Waals surface area contributed by atoms with Crippen molar-refractivity contribution in [1.29, 1.82) is 0 Å². The highest BCUT2D eigenvalue weighted by atomic mass is 16.5. The maximum Gasteiger partial charge on any atom is 0.305 e. The normalized spacial score (nSPS) is 19.4. The summed E-state index contributed by atoms with van der Waals surface area (Å²) in [5, 5.41) is 0. The van der Waals surface area contributed by atoms with Crippen molar-refractivity contribution in [3.05, 3.63) is 12.2 Å². The van der Waals surface area contributed by atoms with E-state index < -0.39 is 0 Å². The molecule has 1 heterocycles. The molecule has 3 heteroatoms. The molecule has 0 radical (unpaired) electrons. The van der Waals surface area contributed by atoms with E-state index in [1.54, 1.807) is 0 Å². The Morgan fingerprint density at radius 2 is 2.20 bits per heavy atom. The first-order valence-corrected chi connectivity index (χ1v) is 5.68. The first-order chi connectivity index (χ1) is 7.33.